The van der Waals surface area contributed by atoms with Gasteiger partial charge in [0, 0.05) is 45.5 Å². The van der Waals surface area contributed by atoms with E-state index < -0.39 is 0 Å². The molecule has 2 rings (SSSR count). The van der Waals surface area contributed by atoms with Crippen LogP contribution in [0.4, 0.5) is 0 Å². The molecule has 1 atom stereocenters. The van der Waals surface area contributed by atoms with E-state index >= 15 is 0 Å². The van der Waals surface area contributed by atoms with E-state index in [9.17, 15) is 0 Å². The van der Waals surface area contributed by atoms with Crippen LogP contribution in [0.3, 0.4) is 0 Å². The van der Waals surface area contributed by atoms with E-state index in [1.807, 2.05) is 17.9 Å². The Hall–Kier alpha value is -0.830. The van der Waals surface area contributed by atoms with Crippen LogP contribution in [-0.4, -0.2) is 59.9 Å². The maximum Gasteiger partial charge on any atom is 0.191 e. The summed E-state index contributed by atoms with van der Waals surface area (Å²) in [5.74, 6) is 0.900. The predicted molar refractivity (Wildman–Crippen MR) is 116 cm³/mol. The number of nitrogens with zero attached hydrogens (tertiary/aromatic N) is 4. The smallest absolute Gasteiger partial charge is 0.191 e. The molecule has 1 saturated heterocycles. The van der Waals surface area contributed by atoms with E-state index in [-0.39, 0.29) is 24.0 Å². The number of aromatic nitrogens is 2. The van der Waals surface area contributed by atoms with Crippen molar-refractivity contribution >= 4 is 29.9 Å². The molecular formula is C18H35IN6. The maximum absolute atomic E-state index is 4.31. The van der Waals surface area contributed by atoms with Crippen LogP contribution in [0.1, 0.15) is 44.6 Å². The lowest BCUT2D eigenvalue weighted by molar-refractivity contribution is 0.147. The summed E-state index contributed by atoms with van der Waals surface area (Å²) in [5.41, 5.74) is 1.21. The number of piperidine rings is 1. The summed E-state index contributed by atoms with van der Waals surface area (Å²) in [6.07, 6.45) is 10.4. The Kier molecular flexibility index (Phi) is 11.1. The molecule has 0 aromatic carbocycles. The van der Waals surface area contributed by atoms with E-state index in [0.29, 0.717) is 0 Å². The topological polar surface area (TPSA) is 57.5 Å². The zero-order chi connectivity index (χ0) is 17.2. The quantitative estimate of drug-likeness (QED) is 0.270. The minimum atomic E-state index is 0. The highest BCUT2D eigenvalue weighted by Gasteiger charge is 2.19. The van der Waals surface area contributed by atoms with E-state index in [2.05, 4.69) is 45.7 Å². The Bertz CT molecular complexity index is 502. The van der Waals surface area contributed by atoms with E-state index in [0.717, 1.165) is 44.6 Å². The first-order chi connectivity index (χ1) is 11.7. The molecule has 0 saturated carbocycles. The largest absolute Gasteiger partial charge is 0.356 e. The van der Waals surface area contributed by atoms with Crippen LogP contribution in [0.15, 0.2) is 17.4 Å². The van der Waals surface area contributed by atoms with Gasteiger partial charge in [-0.2, -0.15) is 5.10 Å². The van der Waals surface area contributed by atoms with Crippen molar-refractivity contribution in [3.63, 3.8) is 0 Å². The molecule has 1 aliphatic heterocycles. The van der Waals surface area contributed by atoms with Gasteiger partial charge in [0.25, 0.3) is 0 Å². The standard InChI is InChI=1S/C18H34N6.HI/c1-4-17-8-5-6-11-23(17)13-10-21-18(19-3)20-9-7-12-24-15-16(2)14-22-24;/h14-15,17H,4-13H2,1-3H3,(H2,19,20,21);1H. The molecule has 1 aromatic heterocycles. The summed E-state index contributed by atoms with van der Waals surface area (Å²) >= 11 is 0. The van der Waals surface area contributed by atoms with Gasteiger partial charge in [0.05, 0.1) is 6.20 Å². The van der Waals surface area contributed by atoms with Crippen LogP contribution in [0.25, 0.3) is 0 Å². The summed E-state index contributed by atoms with van der Waals surface area (Å²) in [7, 11) is 1.84. The number of aryl methyl sites for hydroxylation is 2. The number of aliphatic imine (C=N–C) groups is 1. The first-order valence-electron chi connectivity index (χ1n) is 9.40. The summed E-state index contributed by atoms with van der Waals surface area (Å²) in [6, 6.07) is 0.771. The number of nitrogens with one attached hydrogen (secondary N) is 2. The summed E-state index contributed by atoms with van der Waals surface area (Å²) in [6.45, 7) is 9.51. The van der Waals surface area contributed by atoms with Gasteiger partial charge in [0.2, 0.25) is 0 Å². The third-order valence-corrected chi connectivity index (χ3v) is 4.75. The molecule has 144 valence electrons. The molecule has 1 unspecified atom stereocenters. The maximum atomic E-state index is 4.31. The fourth-order valence-corrected chi connectivity index (χ4v) is 3.39. The van der Waals surface area contributed by atoms with Crippen LogP contribution in [-0.2, 0) is 6.54 Å². The Morgan fingerprint density at radius 1 is 1.28 bits per heavy atom. The van der Waals surface area contributed by atoms with Gasteiger partial charge in [-0.05, 0) is 44.7 Å². The van der Waals surface area contributed by atoms with Crippen molar-refractivity contribution in [3.8, 4) is 0 Å². The zero-order valence-electron chi connectivity index (χ0n) is 16.0. The highest BCUT2D eigenvalue weighted by atomic mass is 127. The molecule has 0 radical (unpaired) electrons. The van der Waals surface area contributed by atoms with Crippen molar-refractivity contribution < 1.29 is 0 Å². The molecule has 7 heteroatoms. The second kappa shape index (κ2) is 12.5. The van der Waals surface area contributed by atoms with Crippen LogP contribution < -0.4 is 10.6 Å². The second-order valence-corrected chi connectivity index (χ2v) is 6.65. The molecule has 0 bridgehead atoms. The lowest BCUT2D eigenvalue weighted by Gasteiger charge is -2.35. The molecule has 0 amide bonds. The highest BCUT2D eigenvalue weighted by Crippen LogP contribution is 2.18. The molecule has 2 N–H and O–H groups in total. The zero-order valence-corrected chi connectivity index (χ0v) is 18.3. The van der Waals surface area contributed by atoms with Crippen molar-refractivity contribution in [2.75, 3.05) is 33.2 Å². The Balaban J connectivity index is 0.00000312. The molecule has 2 heterocycles. The molecule has 0 spiro atoms. The number of halogens is 1. The van der Waals surface area contributed by atoms with E-state index in [1.54, 1.807) is 0 Å². The summed E-state index contributed by atoms with van der Waals surface area (Å²) in [5, 5.41) is 11.1. The van der Waals surface area contributed by atoms with Crippen molar-refractivity contribution in [3.05, 3.63) is 18.0 Å². The minimum Gasteiger partial charge on any atom is -0.356 e. The monoisotopic (exact) mass is 462 g/mol. The Morgan fingerprint density at radius 3 is 2.76 bits per heavy atom. The van der Waals surface area contributed by atoms with Gasteiger partial charge in [0.1, 0.15) is 0 Å². The predicted octanol–water partition coefficient (Wildman–Crippen LogP) is 2.63. The fraction of sp³-hybridized carbons (Fsp3) is 0.778. The van der Waals surface area contributed by atoms with Crippen molar-refractivity contribution in [1.82, 2.24) is 25.3 Å². The SMILES string of the molecule is CCC1CCCCN1CCNC(=NC)NCCCn1cc(C)cn1.I. The van der Waals surface area contributed by atoms with Gasteiger partial charge in [-0.1, -0.05) is 13.3 Å². The van der Waals surface area contributed by atoms with Crippen LogP contribution >= 0.6 is 24.0 Å². The Morgan fingerprint density at radius 2 is 2.08 bits per heavy atom. The highest BCUT2D eigenvalue weighted by molar-refractivity contribution is 14.0. The molecule has 1 aliphatic rings. The fourth-order valence-electron chi connectivity index (χ4n) is 3.39. The van der Waals surface area contributed by atoms with Crippen molar-refractivity contribution in [1.29, 1.82) is 0 Å². The van der Waals surface area contributed by atoms with Gasteiger partial charge in [-0.3, -0.25) is 14.6 Å². The first-order valence-corrected chi connectivity index (χ1v) is 9.40. The number of likely N-dealkylation sites (tertiary alicyclic amines) is 1. The number of hydrogen-bond acceptors (Lipinski definition) is 3. The normalized spacial score (nSPS) is 18.7. The summed E-state index contributed by atoms with van der Waals surface area (Å²) in [4.78, 5) is 6.94. The number of guanidine groups is 1. The van der Waals surface area contributed by atoms with Gasteiger partial charge in [0.15, 0.2) is 5.96 Å². The molecule has 1 fully saturated rings. The number of hydrogen-bond donors (Lipinski definition) is 2. The molecule has 6 nitrogen and oxygen atoms in total. The van der Waals surface area contributed by atoms with Crippen molar-refractivity contribution in [2.24, 2.45) is 4.99 Å². The average molecular weight is 462 g/mol. The summed E-state index contributed by atoms with van der Waals surface area (Å²) < 4.78 is 1.99. The third kappa shape index (κ3) is 7.94. The van der Waals surface area contributed by atoms with Crippen molar-refractivity contribution in [2.45, 2.75) is 58.5 Å². The van der Waals surface area contributed by atoms with Gasteiger partial charge >= 0.3 is 0 Å². The lowest BCUT2D eigenvalue weighted by Crippen LogP contribution is -2.46. The molecule has 1 aromatic rings. The number of rotatable bonds is 8. The third-order valence-electron chi connectivity index (χ3n) is 4.75. The molecular weight excluding hydrogens is 427 g/mol. The van der Waals surface area contributed by atoms with Crippen LogP contribution in [0, 0.1) is 6.92 Å². The van der Waals surface area contributed by atoms with Gasteiger partial charge in [-0.25, -0.2) is 0 Å². The molecule has 0 aliphatic carbocycles. The lowest BCUT2D eigenvalue weighted by atomic mass is 10.0. The minimum absolute atomic E-state index is 0. The Labute approximate surface area is 169 Å². The van der Waals surface area contributed by atoms with Gasteiger partial charge in [-0.15, -0.1) is 24.0 Å². The van der Waals surface area contributed by atoms with Crippen LogP contribution in [0.2, 0.25) is 0 Å². The second-order valence-electron chi connectivity index (χ2n) is 6.65. The average Bonchev–Trinajstić information content (AvgIpc) is 3.02. The first kappa shape index (κ1) is 22.2. The molecule has 25 heavy (non-hydrogen) atoms. The van der Waals surface area contributed by atoms with Crippen LogP contribution in [0.5, 0.6) is 0 Å². The van der Waals surface area contributed by atoms with Gasteiger partial charge < -0.3 is 10.6 Å². The van der Waals surface area contributed by atoms with E-state index in [4.69, 9.17) is 0 Å². The van der Waals surface area contributed by atoms with E-state index in [1.165, 1.54) is 37.8 Å².